The second-order valence-corrected chi connectivity index (χ2v) is 7.54. The summed E-state index contributed by atoms with van der Waals surface area (Å²) < 4.78 is 5.32. The van der Waals surface area contributed by atoms with Gasteiger partial charge in [-0.05, 0) is 13.3 Å². The van der Waals surface area contributed by atoms with E-state index in [9.17, 15) is 5.11 Å². The molecule has 0 heterocycles. The molecular weight excluding hydrogens is 296 g/mol. The van der Waals surface area contributed by atoms with E-state index in [1.54, 1.807) is 0 Å². The highest BCUT2D eigenvalue weighted by Crippen LogP contribution is 2.14. The van der Waals surface area contributed by atoms with Gasteiger partial charge in [0.05, 0.1) is 0 Å². The van der Waals surface area contributed by atoms with Gasteiger partial charge in [-0.2, -0.15) is 0 Å². The predicted molar refractivity (Wildman–Crippen MR) is 106 cm³/mol. The lowest BCUT2D eigenvalue weighted by Crippen LogP contribution is -2.19. The Morgan fingerprint density at radius 1 is 0.667 bits per heavy atom. The van der Waals surface area contributed by atoms with Gasteiger partial charge in [-0.15, -0.1) is 0 Å². The average Bonchev–Trinajstić information content (AvgIpc) is 2.57. The molecule has 2 unspecified atom stereocenters. The van der Waals surface area contributed by atoms with E-state index in [1.165, 1.54) is 96.3 Å². The van der Waals surface area contributed by atoms with Crippen LogP contribution >= 0.6 is 0 Å². The number of aliphatic hydroxyl groups excluding tert-OH is 1. The summed E-state index contributed by atoms with van der Waals surface area (Å²) in [4.78, 5) is 0. The van der Waals surface area contributed by atoms with Gasteiger partial charge in [0.15, 0.2) is 6.29 Å². The molecule has 1 radical (unpaired) electrons. The molecule has 0 rings (SSSR count). The van der Waals surface area contributed by atoms with Crippen molar-refractivity contribution in [1.29, 1.82) is 0 Å². The Morgan fingerprint density at radius 2 is 1.00 bits per heavy atom. The summed E-state index contributed by atoms with van der Waals surface area (Å²) in [6, 6.07) is 0. The zero-order valence-corrected chi connectivity index (χ0v) is 16.7. The summed E-state index contributed by atoms with van der Waals surface area (Å²) in [5.41, 5.74) is 0. The number of rotatable bonds is 19. The van der Waals surface area contributed by atoms with Gasteiger partial charge < -0.3 is 9.84 Å². The fraction of sp³-hybridized carbons (Fsp3) is 0.955. The molecule has 0 saturated heterocycles. The zero-order valence-electron chi connectivity index (χ0n) is 16.7. The van der Waals surface area contributed by atoms with E-state index in [-0.39, 0.29) is 5.92 Å². The third-order valence-electron chi connectivity index (χ3n) is 4.77. The van der Waals surface area contributed by atoms with E-state index < -0.39 is 6.29 Å². The van der Waals surface area contributed by atoms with E-state index in [4.69, 9.17) is 4.74 Å². The Bertz CT molecular complexity index is 228. The van der Waals surface area contributed by atoms with Crippen molar-refractivity contribution in [2.45, 2.75) is 123 Å². The van der Waals surface area contributed by atoms with Gasteiger partial charge in [0.25, 0.3) is 0 Å². The summed E-state index contributed by atoms with van der Waals surface area (Å²) >= 11 is 0. The predicted octanol–water partition coefficient (Wildman–Crippen LogP) is 7.05. The molecule has 0 aromatic heterocycles. The van der Waals surface area contributed by atoms with Crippen molar-refractivity contribution in [2.75, 3.05) is 6.61 Å². The van der Waals surface area contributed by atoms with Crippen molar-refractivity contribution in [1.82, 2.24) is 0 Å². The lowest BCUT2D eigenvalue weighted by Gasteiger charge is -2.14. The fourth-order valence-corrected chi connectivity index (χ4v) is 3.02. The minimum Gasteiger partial charge on any atom is -0.368 e. The van der Waals surface area contributed by atoms with E-state index in [0.29, 0.717) is 6.61 Å². The molecular formula is C22H45O2. The summed E-state index contributed by atoms with van der Waals surface area (Å²) in [6.45, 7) is 8.58. The highest BCUT2D eigenvalue weighted by atomic mass is 16.6. The van der Waals surface area contributed by atoms with Crippen molar-refractivity contribution in [3.63, 3.8) is 0 Å². The first-order chi connectivity index (χ1) is 11.7. The van der Waals surface area contributed by atoms with Crippen LogP contribution in [0.1, 0.15) is 117 Å². The van der Waals surface area contributed by atoms with Crippen LogP contribution in [0.4, 0.5) is 0 Å². The van der Waals surface area contributed by atoms with Crippen molar-refractivity contribution < 1.29 is 9.84 Å². The van der Waals surface area contributed by atoms with Crippen molar-refractivity contribution in [3.05, 3.63) is 6.92 Å². The normalized spacial score (nSPS) is 12.9. The second-order valence-electron chi connectivity index (χ2n) is 7.54. The van der Waals surface area contributed by atoms with Gasteiger partial charge in [0, 0.05) is 12.5 Å². The van der Waals surface area contributed by atoms with Crippen LogP contribution in [0.2, 0.25) is 0 Å². The summed E-state index contributed by atoms with van der Waals surface area (Å²) in [5, 5.41) is 9.47. The monoisotopic (exact) mass is 341 g/mol. The molecule has 24 heavy (non-hydrogen) atoms. The Kier molecular flexibility index (Phi) is 19.2. The standard InChI is InChI=1S/C22H45O2/c1-4-5-6-7-8-9-10-11-12-13-14-15-16-17-18-19-20-24-22(23)21(2)3/h21-23H,2,4-20H2,1,3H3. The lowest BCUT2D eigenvalue weighted by molar-refractivity contribution is -0.121. The maximum Gasteiger partial charge on any atom is 0.157 e. The number of unbranched alkanes of at least 4 members (excludes halogenated alkanes) is 15. The smallest absolute Gasteiger partial charge is 0.157 e. The Labute approximate surface area is 152 Å². The van der Waals surface area contributed by atoms with E-state index in [0.717, 1.165) is 6.42 Å². The van der Waals surface area contributed by atoms with Gasteiger partial charge in [-0.3, -0.25) is 0 Å². The maximum atomic E-state index is 9.47. The third kappa shape index (κ3) is 18.3. The first-order valence-corrected chi connectivity index (χ1v) is 10.8. The van der Waals surface area contributed by atoms with Gasteiger partial charge >= 0.3 is 0 Å². The molecule has 0 aliphatic rings. The Morgan fingerprint density at radius 3 is 1.33 bits per heavy atom. The topological polar surface area (TPSA) is 29.5 Å². The van der Waals surface area contributed by atoms with Crippen LogP contribution in [0.3, 0.4) is 0 Å². The van der Waals surface area contributed by atoms with E-state index in [1.807, 2.05) is 6.92 Å². The molecule has 0 aliphatic carbocycles. The molecule has 0 aromatic rings. The number of hydrogen-bond acceptors (Lipinski definition) is 2. The molecule has 0 fully saturated rings. The van der Waals surface area contributed by atoms with E-state index >= 15 is 0 Å². The Balaban J connectivity index is 3.03. The maximum absolute atomic E-state index is 9.47. The van der Waals surface area contributed by atoms with Crippen LogP contribution in [0.25, 0.3) is 0 Å². The molecule has 0 spiro atoms. The molecule has 2 heteroatoms. The molecule has 0 aromatic carbocycles. The lowest BCUT2D eigenvalue weighted by atomic mass is 10.0. The fourth-order valence-electron chi connectivity index (χ4n) is 3.02. The SMILES string of the molecule is [CH2]C(C)C(O)OCCCCCCCCCCCCCCCCCC. The van der Waals surface area contributed by atoms with Gasteiger partial charge in [0.2, 0.25) is 0 Å². The van der Waals surface area contributed by atoms with Crippen molar-refractivity contribution >= 4 is 0 Å². The molecule has 145 valence electrons. The first-order valence-electron chi connectivity index (χ1n) is 10.8. The van der Waals surface area contributed by atoms with Crippen LogP contribution in [0.15, 0.2) is 0 Å². The van der Waals surface area contributed by atoms with Crippen LogP contribution in [-0.2, 0) is 4.74 Å². The Hall–Kier alpha value is -0.0800. The van der Waals surface area contributed by atoms with Crippen LogP contribution < -0.4 is 0 Å². The molecule has 1 N–H and O–H groups in total. The number of aliphatic hydroxyl groups is 1. The zero-order chi connectivity index (χ0) is 17.9. The molecule has 2 nitrogen and oxygen atoms in total. The van der Waals surface area contributed by atoms with Crippen LogP contribution in [0.5, 0.6) is 0 Å². The van der Waals surface area contributed by atoms with Crippen LogP contribution in [-0.4, -0.2) is 18.0 Å². The molecule has 0 bridgehead atoms. The molecule has 2 atom stereocenters. The average molecular weight is 342 g/mol. The van der Waals surface area contributed by atoms with Crippen molar-refractivity contribution in [3.8, 4) is 0 Å². The minimum absolute atomic E-state index is 0.0499. The number of ether oxygens (including phenoxy) is 1. The number of hydrogen-bond donors (Lipinski definition) is 1. The summed E-state index contributed by atoms with van der Waals surface area (Å²) in [7, 11) is 0. The van der Waals surface area contributed by atoms with Crippen molar-refractivity contribution in [2.24, 2.45) is 5.92 Å². The largest absolute Gasteiger partial charge is 0.368 e. The van der Waals surface area contributed by atoms with E-state index in [2.05, 4.69) is 13.8 Å². The highest BCUT2D eigenvalue weighted by Gasteiger charge is 2.07. The summed E-state index contributed by atoms with van der Waals surface area (Å²) in [5.74, 6) is -0.0499. The summed E-state index contributed by atoms with van der Waals surface area (Å²) in [6.07, 6.45) is 21.4. The van der Waals surface area contributed by atoms with Gasteiger partial charge in [-0.1, -0.05) is 110 Å². The van der Waals surface area contributed by atoms with Gasteiger partial charge in [-0.25, -0.2) is 0 Å². The first kappa shape index (κ1) is 23.9. The van der Waals surface area contributed by atoms with Gasteiger partial charge in [0.1, 0.15) is 0 Å². The highest BCUT2D eigenvalue weighted by molar-refractivity contribution is 4.56. The third-order valence-corrected chi connectivity index (χ3v) is 4.77. The minimum atomic E-state index is -0.693. The molecule has 0 saturated carbocycles. The molecule has 0 amide bonds. The quantitative estimate of drug-likeness (QED) is 0.201. The molecule has 0 aliphatic heterocycles. The van der Waals surface area contributed by atoms with Crippen LogP contribution in [0, 0.1) is 12.8 Å². The second kappa shape index (κ2) is 19.2.